The maximum Gasteiger partial charge on any atom is 0.324 e. The molecule has 1 aromatic rings. The van der Waals surface area contributed by atoms with Crippen LogP contribution in [0.25, 0.3) is 0 Å². The molecule has 1 heterocycles. The van der Waals surface area contributed by atoms with E-state index < -0.39 is 17.4 Å². The van der Waals surface area contributed by atoms with E-state index in [1.807, 2.05) is 0 Å². The number of esters is 2. The van der Waals surface area contributed by atoms with Crippen LogP contribution < -0.4 is 9.47 Å². The van der Waals surface area contributed by atoms with Gasteiger partial charge in [0.2, 0.25) is 0 Å². The predicted octanol–water partition coefficient (Wildman–Crippen LogP) is 1.43. The SMILES string of the molecule is COc1ccc(C2(C)CC(=O)OC2=O)c(OC)c1. The summed E-state index contributed by atoms with van der Waals surface area (Å²) in [7, 11) is 3.05. The van der Waals surface area contributed by atoms with Crippen LogP contribution in [-0.2, 0) is 19.7 Å². The molecule has 0 aliphatic carbocycles. The van der Waals surface area contributed by atoms with E-state index in [4.69, 9.17) is 9.47 Å². The molecule has 5 heteroatoms. The van der Waals surface area contributed by atoms with Crippen molar-refractivity contribution < 1.29 is 23.8 Å². The van der Waals surface area contributed by atoms with Gasteiger partial charge in [-0.3, -0.25) is 9.59 Å². The highest BCUT2D eigenvalue weighted by molar-refractivity contribution is 6.01. The molecule has 0 N–H and O–H groups in total. The molecule has 2 rings (SSSR count). The second-order valence-corrected chi connectivity index (χ2v) is 4.34. The molecule has 1 aromatic carbocycles. The number of rotatable bonds is 3. The molecule has 96 valence electrons. The van der Waals surface area contributed by atoms with E-state index >= 15 is 0 Å². The number of cyclic esters (lactones) is 2. The van der Waals surface area contributed by atoms with Crippen LogP contribution in [0, 0.1) is 0 Å². The highest BCUT2D eigenvalue weighted by atomic mass is 16.6. The van der Waals surface area contributed by atoms with Crippen molar-refractivity contribution in [1.82, 2.24) is 0 Å². The molecule has 0 saturated carbocycles. The van der Waals surface area contributed by atoms with Crippen LogP contribution in [0.15, 0.2) is 18.2 Å². The smallest absolute Gasteiger partial charge is 0.324 e. The highest BCUT2D eigenvalue weighted by Gasteiger charge is 2.48. The van der Waals surface area contributed by atoms with Gasteiger partial charge < -0.3 is 14.2 Å². The lowest BCUT2D eigenvalue weighted by atomic mass is 9.80. The lowest BCUT2D eigenvalue weighted by molar-refractivity contribution is -0.153. The first kappa shape index (κ1) is 12.4. The summed E-state index contributed by atoms with van der Waals surface area (Å²) >= 11 is 0. The zero-order chi connectivity index (χ0) is 13.3. The third kappa shape index (κ3) is 1.81. The van der Waals surface area contributed by atoms with Crippen molar-refractivity contribution in [2.45, 2.75) is 18.8 Å². The molecule has 0 bridgehead atoms. The number of carbonyl (C=O) groups excluding carboxylic acids is 2. The zero-order valence-corrected chi connectivity index (χ0v) is 10.5. The summed E-state index contributed by atoms with van der Waals surface area (Å²) in [5.74, 6) is 0.0664. The molecule has 1 atom stereocenters. The Balaban J connectivity index is 2.50. The zero-order valence-electron chi connectivity index (χ0n) is 10.5. The minimum atomic E-state index is -0.991. The molecule has 0 spiro atoms. The number of hydrogen-bond donors (Lipinski definition) is 0. The number of benzene rings is 1. The average Bonchev–Trinajstić information content (AvgIpc) is 2.63. The van der Waals surface area contributed by atoms with Crippen molar-refractivity contribution in [3.8, 4) is 11.5 Å². The number of carbonyl (C=O) groups is 2. The Labute approximate surface area is 105 Å². The lowest BCUT2D eigenvalue weighted by Gasteiger charge is -2.21. The van der Waals surface area contributed by atoms with Crippen LogP contribution in [0.4, 0.5) is 0 Å². The van der Waals surface area contributed by atoms with Crippen LogP contribution >= 0.6 is 0 Å². The molecule has 18 heavy (non-hydrogen) atoms. The standard InChI is InChI=1S/C13H14O5/c1-13(7-11(14)18-12(13)15)9-5-4-8(16-2)6-10(9)17-3/h4-6H,7H2,1-3H3. The predicted molar refractivity (Wildman–Crippen MR) is 62.6 cm³/mol. The molecular formula is C13H14O5. The molecule has 0 radical (unpaired) electrons. The summed E-state index contributed by atoms with van der Waals surface area (Å²) in [6.07, 6.45) is 0.0223. The normalized spacial score (nSPS) is 22.8. The molecule has 1 aliphatic rings. The Hall–Kier alpha value is -2.04. The Morgan fingerprint density at radius 1 is 1.22 bits per heavy atom. The Morgan fingerprint density at radius 3 is 2.44 bits per heavy atom. The van der Waals surface area contributed by atoms with E-state index in [2.05, 4.69) is 4.74 Å². The van der Waals surface area contributed by atoms with Gasteiger partial charge in [-0.1, -0.05) is 6.07 Å². The lowest BCUT2D eigenvalue weighted by Crippen LogP contribution is -2.28. The fourth-order valence-corrected chi connectivity index (χ4v) is 2.07. The first-order chi connectivity index (χ1) is 8.51. The molecule has 1 saturated heterocycles. The largest absolute Gasteiger partial charge is 0.497 e. The van der Waals surface area contributed by atoms with Crippen LogP contribution in [0.5, 0.6) is 11.5 Å². The van der Waals surface area contributed by atoms with Gasteiger partial charge in [0.25, 0.3) is 0 Å². The minimum Gasteiger partial charge on any atom is -0.497 e. The maximum atomic E-state index is 11.8. The van der Waals surface area contributed by atoms with Crippen LogP contribution in [0.3, 0.4) is 0 Å². The van der Waals surface area contributed by atoms with E-state index in [9.17, 15) is 9.59 Å². The minimum absolute atomic E-state index is 0.0223. The van der Waals surface area contributed by atoms with Crippen molar-refractivity contribution in [2.75, 3.05) is 14.2 Å². The quantitative estimate of drug-likeness (QED) is 0.600. The van der Waals surface area contributed by atoms with Gasteiger partial charge in [0.05, 0.1) is 20.6 Å². The summed E-state index contributed by atoms with van der Waals surface area (Å²) in [6.45, 7) is 1.67. The summed E-state index contributed by atoms with van der Waals surface area (Å²) < 4.78 is 15.0. The van der Waals surface area contributed by atoms with Gasteiger partial charge in [-0.25, -0.2) is 0 Å². The van der Waals surface area contributed by atoms with Crippen molar-refractivity contribution in [2.24, 2.45) is 0 Å². The van der Waals surface area contributed by atoms with E-state index in [1.165, 1.54) is 7.11 Å². The van der Waals surface area contributed by atoms with Crippen LogP contribution in [-0.4, -0.2) is 26.2 Å². The molecular weight excluding hydrogens is 236 g/mol. The first-order valence-electron chi connectivity index (χ1n) is 5.49. The molecule has 5 nitrogen and oxygen atoms in total. The third-order valence-electron chi connectivity index (χ3n) is 3.16. The van der Waals surface area contributed by atoms with E-state index in [0.29, 0.717) is 17.1 Å². The number of hydrogen-bond acceptors (Lipinski definition) is 5. The fourth-order valence-electron chi connectivity index (χ4n) is 2.07. The summed E-state index contributed by atoms with van der Waals surface area (Å²) in [6, 6.07) is 5.12. The third-order valence-corrected chi connectivity index (χ3v) is 3.16. The van der Waals surface area contributed by atoms with Crippen LogP contribution in [0.2, 0.25) is 0 Å². The van der Waals surface area contributed by atoms with Crippen molar-refractivity contribution in [1.29, 1.82) is 0 Å². The molecule has 0 amide bonds. The Kier molecular flexibility index (Phi) is 2.98. The number of ether oxygens (including phenoxy) is 3. The number of methoxy groups -OCH3 is 2. The Bertz CT molecular complexity index is 508. The summed E-state index contributed by atoms with van der Waals surface area (Å²) in [5.41, 5.74) is -0.365. The molecule has 1 fully saturated rings. The van der Waals surface area contributed by atoms with Crippen LogP contribution in [0.1, 0.15) is 18.9 Å². The molecule has 1 aliphatic heterocycles. The van der Waals surface area contributed by atoms with Gasteiger partial charge in [-0.2, -0.15) is 0 Å². The first-order valence-corrected chi connectivity index (χ1v) is 5.49. The summed E-state index contributed by atoms with van der Waals surface area (Å²) in [5, 5.41) is 0. The second kappa shape index (κ2) is 4.33. The monoisotopic (exact) mass is 250 g/mol. The van der Waals surface area contributed by atoms with E-state index in [-0.39, 0.29) is 6.42 Å². The molecule has 0 aromatic heterocycles. The molecule has 1 unspecified atom stereocenters. The fraction of sp³-hybridized carbons (Fsp3) is 0.385. The van der Waals surface area contributed by atoms with Gasteiger partial charge in [0.1, 0.15) is 16.9 Å². The average molecular weight is 250 g/mol. The van der Waals surface area contributed by atoms with Gasteiger partial charge in [-0.15, -0.1) is 0 Å². The van der Waals surface area contributed by atoms with Gasteiger partial charge >= 0.3 is 11.9 Å². The van der Waals surface area contributed by atoms with Gasteiger partial charge in [0, 0.05) is 11.6 Å². The van der Waals surface area contributed by atoms with Crippen molar-refractivity contribution >= 4 is 11.9 Å². The second-order valence-electron chi connectivity index (χ2n) is 4.34. The Morgan fingerprint density at radius 2 is 1.94 bits per heavy atom. The van der Waals surface area contributed by atoms with Gasteiger partial charge in [0.15, 0.2) is 0 Å². The van der Waals surface area contributed by atoms with Gasteiger partial charge in [-0.05, 0) is 13.0 Å². The van der Waals surface area contributed by atoms with Crippen molar-refractivity contribution in [3.63, 3.8) is 0 Å². The maximum absolute atomic E-state index is 11.8. The topological polar surface area (TPSA) is 61.8 Å². The van der Waals surface area contributed by atoms with E-state index in [0.717, 1.165) is 0 Å². The summed E-state index contributed by atoms with van der Waals surface area (Å²) in [4.78, 5) is 23.1. The van der Waals surface area contributed by atoms with Crippen molar-refractivity contribution in [3.05, 3.63) is 23.8 Å². The van der Waals surface area contributed by atoms with E-state index in [1.54, 1.807) is 32.2 Å². The highest BCUT2D eigenvalue weighted by Crippen LogP contribution is 2.40.